The summed E-state index contributed by atoms with van der Waals surface area (Å²) in [6, 6.07) is 0. The molecule has 6 fully saturated rings. The molecule has 0 unspecified atom stereocenters. The SMILES string of the molecule is C=C1C(=O)[C@]23[C@H](O)[C@H]1CC[C@H]2[C@@]12CO[C@]3(O)[C@@H](O)[C@H]1C(C)(C)CC[C@@H]2O. The topological polar surface area (TPSA) is 107 Å². The fourth-order valence-electron chi connectivity index (χ4n) is 7.90. The third-order valence-electron chi connectivity index (χ3n) is 8.88. The largest absolute Gasteiger partial charge is 0.392 e. The van der Waals surface area contributed by atoms with Crippen LogP contribution in [-0.2, 0) is 9.53 Å². The van der Waals surface area contributed by atoms with Crippen LogP contribution in [0.15, 0.2) is 12.2 Å². The van der Waals surface area contributed by atoms with Gasteiger partial charge in [0.25, 0.3) is 0 Å². The molecular formula is C20H28O6. The van der Waals surface area contributed by atoms with E-state index in [4.69, 9.17) is 4.74 Å². The van der Waals surface area contributed by atoms with Crippen molar-refractivity contribution in [2.75, 3.05) is 6.61 Å². The molecule has 0 aromatic heterocycles. The Labute approximate surface area is 152 Å². The van der Waals surface area contributed by atoms with Crippen molar-refractivity contribution in [2.45, 2.75) is 63.6 Å². The first-order valence-corrected chi connectivity index (χ1v) is 9.71. The van der Waals surface area contributed by atoms with E-state index in [1.807, 2.05) is 13.8 Å². The number of carbonyl (C=O) groups excluding carboxylic acids is 1. The van der Waals surface area contributed by atoms with Gasteiger partial charge >= 0.3 is 0 Å². The van der Waals surface area contributed by atoms with Crippen molar-refractivity contribution < 1.29 is 30.0 Å². The van der Waals surface area contributed by atoms with Crippen LogP contribution in [0.1, 0.15) is 39.5 Å². The number of hydrogen-bond acceptors (Lipinski definition) is 6. The highest BCUT2D eigenvalue weighted by Crippen LogP contribution is 2.76. The third-order valence-corrected chi connectivity index (χ3v) is 8.88. The van der Waals surface area contributed by atoms with Crippen molar-refractivity contribution in [3.63, 3.8) is 0 Å². The molecule has 2 aliphatic heterocycles. The first kappa shape index (κ1) is 17.3. The lowest BCUT2D eigenvalue weighted by Crippen LogP contribution is -2.85. The van der Waals surface area contributed by atoms with E-state index in [-0.39, 0.29) is 12.0 Å². The molecule has 144 valence electrons. The molecule has 2 heterocycles. The van der Waals surface area contributed by atoms with Gasteiger partial charge in [-0.25, -0.2) is 0 Å². The van der Waals surface area contributed by atoms with Gasteiger partial charge in [-0.05, 0) is 42.6 Å². The maximum atomic E-state index is 13.3. The number of ether oxygens (including phenoxy) is 1. The van der Waals surface area contributed by atoms with Crippen LogP contribution in [0.5, 0.6) is 0 Å². The summed E-state index contributed by atoms with van der Waals surface area (Å²) in [5, 5.41) is 45.1. The number of carbonyl (C=O) groups is 1. The highest BCUT2D eigenvalue weighted by molar-refractivity contribution is 6.05. The lowest BCUT2D eigenvalue weighted by molar-refractivity contribution is -0.458. The Balaban J connectivity index is 1.81. The number of aliphatic hydroxyl groups is 4. The average molecular weight is 364 g/mol. The van der Waals surface area contributed by atoms with Crippen molar-refractivity contribution in [3.05, 3.63) is 12.2 Å². The Morgan fingerprint density at radius 3 is 2.50 bits per heavy atom. The molecule has 0 amide bonds. The van der Waals surface area contributed by atoms with Crippen molar-refractivity contribution in [2.24, 2.45) is 34.0 Å². The first-order chi connectivity index (χ1) is 12.1. The molecule has 4 saturated carbocycles. The normalized spacial score (nSPS) is 59.9. The zero-order chi connectivity index (χ0) is 18.9. The zero-order valence-electron chi connectivity index (χ0n) is 15.3. The molecule has 2 saturated heterocycles. The first-order valence-electron chi connectivity index (χ1n) is 9.71. The van der Waals surface area contributed by atoms with Gasteiger partial charge in [0.2, 0.25) is 5.79 Å². The van der Waals surface area contributed by atoms with Gasteiger partial charge in [-0.2, -0.15) is 0 Å². The Morgan fingerprint density at radius 1 is 1.12 bits per heavy atom. The number of ketones is 1. The van der Waals surface area contributed by atoms with E-state index in [2.05, 4.69) is 6.58 Å². The van der Waals surface area contributed by atoms with Gasteiger partial charge in [-0.1, -0.05) is 20.4 Å². The van der Waals surface area contributed by atoms with Crippen LogP contribution < -0.4 is 0 Å². The monoisotopic (exact) mass is 364 g/mol. The number of hydrogen-bond donors (Lipinski definition) is 4. The number of Topliss-reactive ketones (excluding diaryl/α,β-unsaturated/α-hetero) is 1. The van der Waals surface area contributed by atoms with Gasteiger partial charge < -0.3 is 25.2 Å². The summed E-state index contributed by atoms with van der Waals surface area (Å²) < 4.78 is 5.80. The van der Waals surface area contributed by atoms with Crippen LogP contribution in [0, 0.1) is 34.0 Å². The molecule has 0 aromatic rings. The van der Waals surface area contributed by atoms with E-state index in [1.165, 1.54) is 0 Å². The van der Waals surface area contributed by atoms with Gasteiger partial charge in [0.1, 0.15) is 11.5 Å². The van der Waals surface area contributed by atoms with E-state index in [0.29, 0.717) is 24.8 Å². The van der Waals surface area contributed by atoms with Crippen molar-refractivity contribution in [3.8, 4) is 0 Å². The molecule has 4 bridgehead atoms. The lowest BCUT2D eigenvalue weighted by atomic mass is 9.35. The van der Waals surface area contributed by atoms with Crippen LogP contribution in [0.4, 0.5) is 0 Å². The quantitative estimate of drug-likeness (QED) is 0.463. The van der Waals surface area contributed by atoms with E-state index >= 15 is 0 Å². The molecule has 6 rings (SSSR count). The van der Waals surface area contributed by atoms with E-state index in [1.54, 1.807) is 0 Å². The second-order valence-corrected chi connectivity index (χ2v) is 9.97. The van der Waals surface area contributed by atoms with Crippen molar-refractivity contribution in [1.29, 1.82) is 0 Å². The average Bonchev–Trinajstić information content (AvgIpc) is 2.69. The summed E-state index contributed by atoms with van der Waals surface area (Å²) in [7, 11) is 0. The van der Waals surface area contributed by atoms with Gasteiger partial charge in [0.05, 0.1) is 18.8 Å². The van der Waals surface area contributed by atoms with Gasteiger partial charge in [-0.15, -0.1) is 0 Å². The molecule has 0 radical (unpaired) electrons. The van der Waals surface area contributed by atoms with Crippen LogP contribution in [0.3, 0.4) is 0 Å². The smallest absolute Gasteiger partial charge is 0.208 e. The van der Waals surface area contributed by atoms with Crippen molar-refractivity contribution in [1.82, 2.24) is 0 Å². The standard InChI is InChI=1S/C20H28O6/c1-9-10-4-5-11-18-8-26-20(25,19(11,14(9)22)15(10)23)16(24)13(18)17(2,3)7-6-12(18)21/h10-13,15-16,21,23-25H,1,4-8H2,2-3H3/t10-,11-,12-,13-,15+,16-,18+,19-,20+/m0/s1. The predicted molar refractivity (Wildman–Crippen MR) is 90.7 cm³/mol. The van der Waals surface area contributed by atoms with Crippen LogP contribution in [0.25, 0.3) is 0 Å². The maximum absolute atomic E-state index is 13.3. The second-order valence-electron chi connectivity index (χ2n) is 9.97. The number of aliphatic hydroxyl groups excluding tert-OH is 3. The summed E-state index contributed by atoms with van der Waals surface area (Å²) in [4.78, 5) is 13.3. The van der Waals surface area contributed by atoms with Gasteiger partial charge in [0.15, 0.2) is 5.78 Å². The van der Waals surface area contributed by atoms with E-state index < -0.39 is 58.5 Å². The molecule has 4 N–H and O–H groups in total. The summed E-state index contributed by atoms with van der Waals surface area (Å²) >= 11 is 0. The Hall–Kier alpha value is -0.790. The molecule has 2 spiro atoms. The van der Waals surface area contributed by atoms with Crippen LogP contribution in [-0.4, -0.2) is 56.9 Å². The molecule has 9 atom stereocenters. The molecular weight excluding hydrogens is 336 g/mol. The minimum Gasteiger partial charge on any atom is -0.392 e. The number of rotatable bonds is 0. The van der Waals surface area contributed by atoms with Crippen LogP contribution in [0.2, 0.25) is 0 Å². The molecule has 26 heavy (non-hydrogen) atoms. The fourth-order valence-corrected chi connectivity index (χ4v) is 7.90. The zero-order valence-corrected chi connectivity index (χ0v) is 15.3. The number of fused-ring (bicyclic) bond motifs is 2. The minimum atomic E-state index is -2.15. The van der Waals surface area contributed by atoms with Crippen LogP contribution >= 0.6 is 0 Å². The molecule has 6 heteroatoms. The molecule has 6 nitrogen and oxygen atoms in total. The third kappa shape index (κ3) is 1.41. The van der Waals surface area contributed by atoms with Gasteiger partial charge in [-0.3, -0.25) is 4.79 Å². The summed E-state index contributed by atoms with van der Waals surface area (Å²) in [6.07, 6.45) is -0.747. The Bertz CT molecular complexity index is 717. The molecule has 6 aliphatic rings. The summed E-state index contributed by atoms with van der Waals surface area (Å²) in [5.41, 5.74) is -2.49. The maximum Gasteiger partial charge on any atom is 0.208 e. The predicted octanol–water partition coefficient (Wildman–Crippen LogP) is 0.376. The van der Waals surface area contributed by atoms with E-state index in [0.717, 1.165) is 6.42 Å². The van der Waals surface area contributed by atoms with Crippen molar-refractivity contribution >= 4 is 5.78 Å². The minimum absolute atomic E-state index is 0.0966. The lowest BCUT2D eigenvalue weighted by Gasteiger charge is -2.74. The second kappa shape index (κ2) is 4.61. The highest BCUT2D eigenvalue weighted by atomic mass is 16.6. The molecule has 4 aliphatic carbocycles. The van der Waals surface area contributed by atoms with E-state index in [9.17, 15) is 25.2 Å². The molecule has 0 aromatic carbocycles. The summed E-state index contributed by atoms with van der Waals surface area (Å²) in [6.45, 7) is 8.07. The Morgan fingerprint density at radius 2 is 1.81 bits per heavy atom. The van der Waals surface area contributed by atoms with Gasteiger partial charge in [0, 0.05) is 17.3 Å². The Kier molecular flexibility index (Phi) is 3.07. The summed E-state index contributed by atoms with van der Waals surface area (Å²) in [5.74, 6) is -3.80. The highest BCUT2D eigenvalue weighted by Gasteiger charge is 2.86. The fraction of sp³-hybridized carbons (Fsp3) is 0.850.